The first-order valence-electron chi connectivity index (χ1n) is 14.4. The van der Waals surface area contributed by atoms with Crippen LogP contribution >= 0.6 is 11.3 Å². The normalized spacial score (nSPS) is 13.4. The molecule has 1 aliphatic heterocycles. The van der Waals surface area contributed by atoms with Crippen LogP contribution < -0.4 is 9.30 Å². The summed E-state index contributed by atoms with van der Waals surface area (Å²) in [6, 6.07) is 20.3. The molecule has 0 amide bonds. The number of hydrogen-bond donors (Lipinski definition) is 0. The van der Waals surface area contributed by atoms with E-state index in [0.29, 0.717) is 0 Å². The van der Waals surface area contributed by atoms with Crippen molar-refractivity contribution < 1.29 is 9.30 Å². The van der Waals surface area contributed by atoms with E-state index >= 15 is 0 Å². The summed E-state index contributed by atoms with van der Waals surface area (Å²) in [4.78, 5) is 0. The van der Waals surface area contributed by atoms with Crippen molar-refractivity contribution in [1.29, 1.82) is 0 Å². The van der Waals surface area contributed by atoms with Crippen LogP contribution in [0.3, 0.4) is 0 Å². The van der Waals surface area contributed by atoms with Crippen LogP contribution in [0.1, 0.15) is 58.2 Å². The maximum absolute atomic E-state index is 7.15. The molecule has 1 aliphatic rings. The summed E-state index contributed by atoms with van der Waals surface area (Å²) in [7, 11) is 2.19. The second kappa shape index (κ2) is 8.54. The van der Waals surface area contributed by atoms with Crippen LogP contribution in [0.25, 0.3) is 53.0 Å². The van der Waals surface area contributed by atoms with Crippen molar-refractivity contribution in [2.24, 2.45) is 17.9 Å². The Morgan fingerprint density at radius 3 is 2.25 bits per heavy atom. The van der Waals surface area contributed by atoms with E-state index < -0.39 is 0 Å². The molecule has 0 aliphatic carbocycles. The average Bonchev–Trinajstić information content (AvgIpc) is 3.26. The van der Waals surface area contributed by atoms with Crippen LogP contribution in [-0.2, 0) is 19.9 Å². The first-order valence-corrected chi connectivity index (χ1v) is 15.2. The minimum Gasteiger partial charge on any atom is -0.455 e. The van der Waals surface area contributed by atoms with Crippen LogP contribution in [0.2, 0.25) is 0 Å². The Balaban J connectivity index is 1.64. The molecule has 4 aromatic carbocycles. The van der Waals surface area contributed by atoms with E-state index in [9.17, 15) is 0 Å². The molecule has 0 bridgehead atoms. The van der Waals surface area contributed by atoms with E-state index in [1.54, 1.807) is 0 Å². The Bertz CT molecular complexity index is 2010. The lowest BCUT2D eigenvalue weighted by Gasteiger charge is -2.28. The highest BCUT2D eigenvalue weighted by Gasteiger charge is 2.35. The molecule has 6 aromatic rings. The molecule has 0 saturated heterocycles. The number of fused-ring (bicyclic) bond motifs is 7. The van der Waals surface area contributed by atoms with Crippen molar-refractivity contribution in [2.45, 2.75) is 61.3 Å². The Labute approximate surface area is 241 Å². The third kappa shape index (κ3) is 3.85. The summed E-state index contributed by atoms with van der Waals surface area (Å²) < 4.78 is 12.2. The van der Waals surface area contributed by atoms with Crippen LogP contribution in [0, 0.1) is 17.8 Å². The molecular formula is C37H38NOS+. The predicted molar refractivity (Wildman–Crippen MR) is 172 cm³/mol. The molecule has 0 spiro atoms. The molecular weight excluding hydrogens is 506 g/mol. The predicted octanol–water partition coefficient (Wildman–Crippen LogP) is 10.4. The molecule has 7 rings (SSSR count). The Kier molecular flexibility index (Phi) is 5.45. The fourth-order valence-electron chi connectivity index (χ4n) is 6.83. The highest BCUT2D eigenvalue weighted by molar-refractivity contribution is 7.26. The first-order chi connectivity index (χ1) is 18.9. The molecule has 2 nitrogen and oxygen atoms in total. The standard InChI is InChI=1S/C37H38NOS/c1-21-30-25-13-9-10-15-29(25)40-35(30)27(20-37(5,6)7)34-31(21)33-32-24(16-17-38(33)8)23-14-11-12-22(19-36(2,3)4)26(23)18-28(32)39-34/h9-18H,19-20H2,1-8H3/q+1. The SMILES string of the molecule is Cc1c2c(c(CC(C)(C)C)c3sc4ccccc4c13)Oc1cc3c(CC(C)(C)C)cccc3c3cc[n+](C)c-2c13. The summed E-state index contributed by atoms with van der Waals surface area (Å²) in [6.45, 7) is 16.3. The molecule has 3 heterocycles. The third-order valence-electron chi connectivity index (χ3n) is 8.33. The molecule has 0 saturated carbocycles. The fraction of sp³-hybridized carbons (Fsp3) is 0.324. The maximum Gasteiger partial charge on any atom is 0.228 e. The van der Waals surface area contributed by atoms with Crippen molar-refractivity contribution in [3.05, 3.63) is 77.5 Å². The highest BCUT2D eigenvalue weighted by Crippen LogP contribution is 2.55. The lowest BCUT2D eigenvalue weighted by atomic mass is 9.82. The zero-order chi connectivity index (χ0) is 28.1. The van der Waals surface area contributed by atoms with Gasteiger partial charge in [0.15, 0.2) is 6.20 Å². The monoisotopic (exact) mass is 544 g/mol. The smallest absolute Gasteiger partial charge is 0.228 e. The molecule has 0 fully saturated rings. The van der Waals surface area contributed by atoms with Gasteiger partial charge in [-0.05, 0) is 64.6 Å². The summed E-state index contributed by atoms with van der Waals surface area (Å²) >= 11 is 1.92. The van der Waals surface area contributed by atoms with E-state index in [0.717, 1.165) is 24.3 Å². The lowest BCUT2D eigenvalue weighted by molar-refractivity contribution is -0.659. The Morgan fingerprint density at radius 1 is 0.775 bits per heavy atom. The van der Waals surface area contributed by atoms with Gasteiger partial charge in [0.25, 0.3) is 0 Å². The number of hydrogen-bond acceptors (Lipinski definition) is 2. The quantitative estimate of drug-likeness (QED) is 0.156. The zero-order valence-corrected chi connectivity index (χ0v) is 25.8. The van der Waals surface area contributed by atoms with Gasteiger partial charge in [-0.1, -0.05) is 77.9 Å². The van der Waals surface area contributed by atoms with Crippen molar-refractivity contribution in [2.75, 3.05) is 0 Å². The zero-order valence-electron chi connectivity index (χ0n) is 25.0. The van der Waals surface area contributed by atoms with E-state index in [1.807, 2.05) is 11.3 Å². The average molecular weight is 545 g/mol. The lowest BCUT2D eigenvalue weighted by Crippen LogP contribution is -2.32. The van der Waals surface area contributed by atoms with Crippen LogP contribution in [0.5, 0.6) is 11.5 Å². The van der Waals surface area contributed by atoms with Gasteiger partial charge in [-0.3, -0.25) is 0 Å². The van der Waals surface area contributed by atoms with Crippen LogP contribution in [0.4, 0.5) is 0 Å². The molecule has 0 unspecified atom stereocenters. The van der Waals surface area contributed by atoms with E-state index in [2.05, 4.69) is 121 Å². The minimum absolute atomic E-state index is 0.118. The second-order valence-corrected chi connectivity index (χ2v) is 15.2. The summed E-state index contributed by atoms with van der Waals surface area (Å²) in [6.07, 6.45) is 4.22. The number of nitrogens with zero attached hydrogens (tertiary/aromatic N) is 1. The fourth-order valence-corrected chi connectivity index (χ4v) is 8.13. The largest absolute Gasteiger partial charge is 0.455 e. The van der Waals surface area contributed by atoms with Gasteiger partial charge in [-0.2, -0.15) is 0 Å². The number of thiophene rings is 1. The molecule has 3 heteroatoms. The number of ether oxygens (including phenoxy) is 1. The number of benzene rings is 4. The van der Waals surface area contributed by atoms with Gasteiger partial charge >= 0.3 is 0 Å². The van der Waals surface area contributed by atoms with Crippen molar-refractivity contribution >= 4 is 53.1 Å². The Hall–Kier alpha value is -3.43. The van der Waals surface area contributed by atoms with Gasteiger partial charge in [0.05, 0.1) is 10.9 Å². The number of aromatic nitrogens is 1. The van der Waals surface area contributed by atoms with Gasteiger partial charge in [0.2, 0.25) is 5.69 Å². The van der Waals surface area contributed by atoms with Gasteiger partial charge in [-0.25, -0.2) is 4.57 Å². The first kappa shape index (κ1) is 25.5. The van der Waals surface area contributed by atoms with Crippen LogP contribution in [-0.4, -0.2) is 0 Å². The van der Waals surface area contributed by atoms with Gasteiger partial charge < -0.3 is 4.74 Å². The minimum atomic E-state index is 0.118. The number of aryl methyl sites for hydroxylation is 2. The van der Waals surface area contributed by atoms with E-state index in [4.69, 9.17) is 4.74 Å². The molecule has 0 radical (unpaired) electrons. The molecule has 2 aromatic heterocycles. The van der Waals surface area contributed by atoms with E-state index in [1.165, 1.54) is 69.7 Å². The molecule has 202 valence electrons. The third-order valence-corrected chi connectivity index (χ3v) is 9.56. The van der Waals surface area contributed by atoms with Crippen molar-refractivity contribution in [3.8, 4) is 22.8 Å². The van der Waals surface area contributed by atoms with Crippen LogP contribution in [0.15, 0.2) is 60.8 Å². The molecule has 0 N–H and O–H groups in total. The van der Waals surface area contributed by atoms with Crippen molar-refractivity contribution in [3.63, 3.8) is 0 Å². The van der Waals surface area contributed by atoms with Crippen molar-refractivity contribution in [1.82, 2.24) is 0 Å². The van der Waals surface area contributed by atoms with Gasteiger partial charge in [0, 0.05) is 37.2 Å². The van der Waals surface area contributed by atoms with Gasteiger partial charge in [-0.15, -0.1) is 11.3 Å². The topological polar surface area (TPSA) is 13.1 Å². The summed E-state index contributed by atoms with van der Waals surface area (Å²) in [5.41, 5.74) is 6.88. The number of pyridine rings is 1. The molecule has 0 atom stereocenters. The Morgan fingerprint density at radius 2 is 1.50 bits per heavy atom. The second-order valence-electron chi connectivity index (χ2n) is 14.1. The summed E-state index contributed by atoms with van der Waals surface area (Å²) in [5, 5.41) is 7.85. The number of rotatable bonds is 2. The molecule has 40 heavy (non-hydrogen) atoms. The van der Waals surface area contributed by atoms with Gasteiger partial charge in [0.1, 0.15) is 18.5 Å². The van der Waals surface area contributed by atoms with E-state index in [-0.39, 0.29) is 10.8 Å². The highest BCUT2D eigenvalue weighted by atomic mass is 32.1. The summed E-state index contributed by atoms with van der Waals surface area (Å²) in [5.74, 6) is 2.03. The maximum atomic E-state index is 7.15.